The van der Waals surface area contributed by atoms with Gasteiger partial charge in [0.1, 0.15) is 12.0 Å². The van der Waals surface area contributed by atoms with Crippen molar-refractivity contribution in [1.29, 1.82) is 0 Å². The van der Waals surface area contributed by atoms with Crippen molar-refractivity contribution in [1.82, 2.24) is 9.80 Å². The lowest BCUT2D eigenvalue weighted by atomic mass is 9.98. The standard InChI is InChI=1S/C23H20N2O6S/c1-13(2)17(23(29)31-12-14-8-4-3-5-9-14)25-21(28)18(22(25)32-30)24-19(26)15-10-6-7-11-16(15)20(24)27/h3-11,17-18,22,30H,1,12H2,2H3/t17-,18+,22+/m1/s1. The number of ether oxygens (including phenoxy) is 1. The summed E-state index contributed by atoms with van der Waals surface area (Å²) in [6.07, 6.45) is 0. The maximum Gasteiger partial charge on any atom is 0.333 e. The first-order chi connectivity index (χ1) is 15.4. The predicted octanol–water partition coefficient (Wildman–Crippen LogP) is 2.71. The molecule has 9 heteroatoms. The van der Waals surface area contributed by atoms with Crippen LogP contribution in [0, 0.1) is 0 Å². The molecule has 32 heavy (non-hydrogen) atoms. The van der Waals surface area contributed by atoms with Gasteiger partial charge < -0.3 is 14.2 Å². The van der Waals surface area contributed by atoms with E-state index >= 15 is 0 Å². The third-order valence-corrected chi connectivity index (χ3v) is 6.16. The summed E-state index contributed by atoms with van der Waals surface area (Å²) >= 11 is 0.289. The van der Waals surface area contributed by atoms with Crippen LogP contribution in [-0.2, 0) is 20.9 Å². The van der Waals surface area contributed by atoms with Gasteiger partial charge in [-0.15, -0.1) is 0 Å². The zero-order valence-corrected chi connectivity index (χ0v) is 18.0. The van der Waals surface area contributed by atoms with Crippen molar-refractivity contribution in [3.63, 3.8) is 0 Å². The van der Waals surface area contributed by atoms with E-state index in [1.165, 1.54) is 12.1 Å². The molecular weight excluding hydrogens is 432 g/mol. The second-order valence-electron chi connectivity index (χ2n) is 7.55. The Bertz CT molecular complexity index is 1080. The molecule has 164 valence electrons. The molecule has 3 atom stereocenters. The number of hydrogen-bond donors (Lipinski definition) is 1. The summed E-state index contributed by atoms with van der Waals surface area (Å²) in [5, 5.41) is -1.03. The molecule has 8 nitrogen and oxygen atoms in total. The highest BCUT2D eigenvalue weighted by Gasteiger charge is 2.60. The van der Waals surface area contributed by atoms with Crippen LogP contribution >= 0.6 is 12.0 Å². The lowest BCUT2D eigenvalue weighted by Crippen LogP contribution is -2.73. The fourth-order valence-electron chi connectivity index (χ4n) is 3.91. The molecule has 0 radical (unpaired) electrons. The molecule has 1 saturated heterocycles. The van der Waals surface area contributed by atoms with Crippen molar-refractivity contribution in [2.75, 3.05) is 0 Å². The Balaban J connectivity index is 1.54. The molecule has 0 unspecified atom stereocenters. The number of carbonyl (C=O) groups is 4. The van der Waals surface area contributed by atoms with Gasteiger partial charge in [-0.25, -0.2) is 4.79 Å². The Kier molecular flexibility index (Phi) is 5.86. The van der Waals surface area contributed by atoms with Crippen LogP contribution in [0.1, 0.15) is 33.2 Å². The van der Waals surface area contributed by atoms with Crippen molar-refractivity contribution >= 4 is 35.7 Å². The fourth-order valence-corrected chi connectivity index (χ4v) is 4.59. The second-order valence-corrected chi connectivity index (χ2v) is 8.25. The van der Waals surface area contributed by atoms with Crippen LogP contribution in [0.15, 0.2) is 66.7 Å². The highest BCUT2D eigenvalue weighted by molar-refractivity contribution is 7.94. The van der Waals surface area contributed by atoms with Crippen LogP contribution in [0.3, 0.4) is 0 Å². The summed E-state index contributed by atoms with van der Waals surface area (Å²) in [6, 6.07) is 12.9. The number of hydrogen-bond acceptors (Lipinski definition) is 7. The Morgan fingerprint density at radius 1 is 1.06 bits per heavy atom. The topological polar surface area (TPSA) is 104 Å². The van der Waals surface area contributed by atoms with Gasteiger partial charge in [0, 0.05) is 12.0 Å². The molecule has 3 amide bonds. The number of β-lactam (4-membered cyclic amide) rings is 1. The minimum Gasteiger partial charge on any atom is -0.459 e. The number of imide groups is 1. The molecule has 2 aromatic rings. The molecule has 2 heterocycles. The highest BCUT2D eigenvalue weighted by Crippen LogP contribution is 2.39. The van der Waals surface area contributed by atoms with Gasteiger partial charge in [-0.05, 0) is 30.2 Å². The van der Waals surface area contributed by atoms with Crippen LogP contribution in [0.4, 0.5) is 0 Å². The summed E-state index contributed by atoms with van der Waals surface area (Å²) in [5.74, 6) is -2.58. The molecule has 0 bridgehead atoms. The van der Waals surface area contributed by atoms with Gasteiger partial charge in [0.05, 0.1) is 11.1 Å². The number of likely N-dealkylation sites (tertiary alicyclic amines) is 1. The van der Waals surface area contributed by atoms with Crippen molar-refractivity contribution in [2.24, 2.45) is 0 Å². The number of carbonyl (C=O) groups excluding carboxylic acids is 4. The number of rotatable bonds is 7. The third kappa shape index (κ3) is 3.49. The van der Waals surface area contributed by atoms with Crippen molar-refractivity contribution < 1.29 is 28.5 Å². The van der Waals surface area contributed by atoms with Crippen LogP contribution in [0.25, 0.3) is 0 Å². The largest absolute Gasteiger partial charge is 0.459 e. The minimum atomic E-state index is -1.24. The van der Waals surface area contributed by atoms with Gasteiger partial charge >= 0.3 is 5.97 Å². The number of benzene rings is 2. The van der Waals surface area contributed by atoms with E-state index in [1.807, 2.05) is 18.2 Å². The summed E-state index contributed by atoms with van der Waals surface area (Å²) in [6.45, 7) is 5.36. The van der Waals surface area contributed by atoms with E-state index < -0.39 is 41.1 Å². The number of nitrogens with zero attached hydrogens (tertiary/aromatic N) is 2. The van der Waals surface area contributed by atoms with Crippen LogP contribution in [-0.4, -0.2) is 55.5 Å². The summed E-state index contributed by atoms with van der Waals surface area (Å²) in [4.78, 5) is 53.4. The molecule has 2 aromatic carbocycles. The van der Waals surface area contributed by atoms with Gasteiger partial charge in [0.2, 0.25) is 0 Å². The van der Waals surface area contributed by atoms with Crippen LogP contribution < -0.4 is 0 Å². The number of esters is 1. The Morgan fingerprint density at radius 2 is 1.62 bits per heavy atom. The highest BCUT2D eigenvalue weighted by atomic mass is 32.2. The molecule has 0 aliphatic carbocycles. The molecule has 4 rings (SSSR count). The van der Waals surface area contributed by atoms with E-state index in [-0.39, 0.29) is 29.8 Å². The van der Waals surface area contributed by atoms with Gasteiger partial charge in [0.15, 0.2) is 12.1 Å². The first-order valence-electron chi connectivity index (χ1n) is 9.82. The Labute approximate surface area is 188 Å². The molecule has 0 aromatic heterocycles. The van der Waals surface area contributed by atoms with Gasteiger partial charge in [-0.3, -0.25) is 19.3 Å². The van der Waals surface area contributed by atoms with Crippen molar-refractivity contribution in [2.45, 2.75) is 31.0 Å². The molecular formula is C23H20N2O6S. The Morgan fingerprint density at radius 3 is 2.16 bits per heavy atom. The van der Waals surface area contributed by atoms with Gasteiger partial charge in [-0.1, -0.05) is 49.0 Å². The molecule has 0 spiro atoms. The van der Waals surface area contributed by atoms with Crippen molar-refractivity contribution in [3.8, 4) is 0 Å². The summed E-state index contributed by atoms with van der Waals surface area (Å²) in [5.41, 5.74) is 1.50. The number of amides is 3. The number of fused-ring (bicyclic) bond motifs is 1. The van der Waals surface area contributed by atoms with Gasteiger partial charge in [-0.2, -0.15) is 0 Å². The molecule has 1 N–H and O–H groups in total. The smallest absolute Gasteiger partial charge is 0.333 e. The monoisotopic (exact) mass is 452 g/mol. The first kappa shape index (κ1) is 21.8. The fraction of sp³-hybridized carbons (Fsp3) is 0.217. The summed E-state index contributed by atoms with van der Waals surface area (Å²) < 4.78 is 15.3. The van der Waals surface area contributed by atoms with E-state index in [4.69, 9.17) is 4.74 Å². The average molecular weight is 452 g/mol. The van der Waals surface area contributed by atoms with Crippen LogP contribution in [0.2, 0.25) is 0 Å². The first-order valence-corrected chi connectivity index (χ1v) is 10.7. The predicted molar refractivity (Wildman–Crippen MR) is 116 cm³/mol. The lowest BCUT2D eigenvalue weighted by Gasteiger charge is -2.50. The zero-order chi connectivity index (χ0) is 23.0. The van der Waals surface area contributed by atoms with E-state index in [0.29, 0.717) is 5.57 Å². The van der Waals surface area contributed by atoms with Gasteiger partial charge in [0.25, 0.3) is 17.7 Å². The van der Waals surface area contributed by atoms with E-state index in [0.717, 1.165) is 15.4 Å². The van der Waals surface area contributed by atoms with E-state index in [1.54, 1.807) is 31.2 Å². The molecule has 2 aliphatic rings. The van der Waals surface area contributed by atoms with E-state index in [9.17, 15) is 23.7 Å². The lowest BCUT2D eigenvalue weighted by molar-refractivity contribution is -0.165. The second kappa shape index (κ2) is 8.60. The normalized spacial score (nSPS) is 20.6. The molecule has 1 fully saturated rings. The SMILES string of the molecule is C=C(C)[C@H](C(=O)OCc1ccccc1)N1C(=O)[C@H](N2C(=O)c3ccccc3C2=O)[C@@H]1SO. The Hall–Kier alpha value is -3.43. The van der Waals surface area contributed by atoms with Crippen molar-refractivity contribution in [3.05, 3.63) is 83.4 Å². The zero-order valence-electron chi connectivity index (χ0n) is 17.1. The minimum absolute atomic E-state index is 0.00422. The molecule has 2 aliphatic heterocycles. The maximum atomic E-state index is 13.1. The summed E-state index contributed by atoms with van der Waals surface area (Å²) in [7, 11) is 0. The average Bonchev–Trinajstić information content (AvgIpc) is 3.04. The quantitative estimate of drug-likeness (QED) is 0.226. The van der Waals surface area contributed by atoms with E-state index in [2.05, 4.69) is 6.58 Å². The van der Waals surface area contributed by atoms with Crippen LogP contribution in [0.5, 0.6) is 0 Å². The third-order valence-electron chi connectivity index (χ3n) is 5.46. The maximum absolute atomic E-state index is 13.1. The molecule has 0 saturated carbocycles.